The Kier molecular flexibility index (Phi) is 7.75. The van der Waals surface area contributed by atoms with Gasteiger partial charge in [0.05, 0.1) is 11.6 Å². The Balaban J connectivity index is 0.000000304. The van der Waals surface area contributed by atoms with Crippen LogP contribution in [0.25, 0.3) is 0 Å². The van der Waals surface area contributed by atoms with E-state index in [9.17, 15) is 4.79 Å². The Bertz CT molecular complexity index is 365. The average molecular weight is 279 g/mol. The van der Waals surface area contributed by atoms with Gasteiger partial charge in [-0.25, -0.2) is 0 Å². The van der Waals surface area contributed by atoms with E-state index in [4.69, 9.17) is 28.3 Å². The van der Waals surface area contributed by atoms with Gasteiger partial charge in [0.2, 0.25) is 0 Å². The lowest BCUT2D eigenvalue weighted by Gasteiger charge is -2.02. The number of ether oxygens (including phenoxy) is 1. The van der Waals surface area contributed by atoms with Gasteiger partial charge in [0.15, 0.2) is 0 Å². The number of benzene rings is 1. The van der Waals surface area contributed by atoms with Crippen LogP contribution >= 0.6 is 23.2 Å². The third-order valence-electron chi connectivity index (χ3n) is 1.53. The largest absolute Gasteiger partial charge is 0.506 e. The van der Waals surface area contributed by atoms with Gasteiger partial charge in [-0.15, -0.1) is 0 Å². The second kappa shape index (κ2) is 8.20. The van der Waals surface area contributed by atoms with Crippen LogP contribution in [0.2, 0.25) is 10.0 Å². The van der Waals surface area contributed by atoms with Crippen LogP contribution in [0.15, 0.2) is 18.2 Å². The van der Waals surface area contributed by atoms with Gasteiger partial charge < -0.3 is 9.84 Å². The molecule has 0 aliphatic rings. The summed E-state index contributed by atoms with van der Waals surface area (Å²) >= 11 is 11.0. The maximum absolute atomic E-state index is 10.1. The molecule has 1 aromatic carbocycles. The van der Waals surface area contributed by atoms with Crippen LogP contribution < -0.4 is 0 Å². The van der Waals surface area contributed by atoms with E-state index >= 15 is 0 Å². The normalized spacial score (nSPS) is 9.53. The zero-order chi connectivity index (χ0) is 13.4. The van der Waals surface area contributed by atoms with Crippen molar-refractivity contribution in [2.24, 2.45) is 5.92 Å². The van der Waals surface area contributed by atoms with E-state index in [1.165, 1.54) is 19.1 Å². The first kappa shape index (κ1) is 16.1. The van der Waals surface area contributed by atoms with Crippen LogP contribution in [0, 0.1) is 5.92 Å². The van der Waals surface area contributed by atoms with Gasteiger partial charge in [-0.3, -0.25) is 4.79 Å². The summed E-state index contributed by atoms with van der Waals surface area (Å²) in [5, 5.41) is 9.66. The molecule has 0 atom stereocenters. The van der Waals surface area contributed by atoms with E-state index in [0.717, 1.165) is 0 Å². The van der Waals surface area contributed by atoms with Gasteiger partial charge in [-0.2, -0.15) is 0 Å². The van der Waals surface area contributed by atoms with Crippen molar-refractivity contribution in [2.45, 2.75) is 20.8 Å². The molecule has 0 spiro atoms. The zero-order valence-electron chi connectivity index (χ0n) is 10.0. The lowest BCUT2D eigenvalue weighted by atomic mass is 10.2. The number of hydrogen-bond donors (Lipinski definition) is 1. The minimum Gasteiger partial charge on any atom is -0.506 e. The molecule has 1 N–H and O–H groups in total. The Morgan fingerprint density at radius 2 is 2.00 bits per heavy atom. The first-order valence-electron chi connectivity index (χ1n) is 5.10. The summed E-state index contributed by atoms with van der Waals surface area (Å²) in [5.74, 6) is 0.304. The maximum Gasteiger partial charge on any atom is 0.302 e. The first-order chi connectivity index (χ1) is 7.82. The van der Waals surface area contributed by atoms with Crippen molar-refractivity contribution in [3.05, 3.63) is 28.2 Å². The third kappa shape index (κ3) is 8.83. The number of phenolic OH excluding ortho intramolecular Hbond substituents is 1. The predicted octanol–water partition coefficient (Wildman–Crippen LogP) is 3.90. The van der Waals surface area contributed by atoms with Crippen molar-refractivity contribution in [3.8, 4) is 5.75 Å². The van der Waals surface area contributed by atoms with Crippen LogP contribution in [0.3, 0.4) is 0 Å². The molecule has 0 radical (unpaired) electrons. The fourth-order valence-corrected chi connectivity index (χ4v) is 1.17. The Morgan fingerprint density at radius 1 is 1.41 bits per heavy atom. The summed E-state index contributed by atoms with van der Waals surface area (Å²) in [6.07, 6.45) is 0. The van der Waals surface area contributed by atoms with Crippen LogP contribution in [0.5, 0.6) is 5.75 Å². The lowest BCUT2D eigenvalue weighted by Crippen LogP contribution is -2.05. The molecule has 0 amide bonds. The third-order valence-corrected chi connectivity index (χ3v) is 2.07. The van der Waals surface area contributed by atoms with Gasteiger partial charge in [0.25, 0.3) is 0 Å². The minimum absolute atomic E-state index is 0.0565. The molecule has 0 unspecified atom stereocenters. The fraction of sp³-hybridized carbons (Fsp3) is 0.417. The lowest BCUT2D eigenvalue weighted by molar-refractivity contribution is -0.141. The van der Waals surface area contributed by atoms with E-state index in [0.29, 0.717) is 17.5 Å². The van der Waals surface area contributed by atoms with Crippen molar-refractivity contribution in [2.75, 3.05) is 6.61 Å². The highest BCUT2D eigenvalue weighted by Gasteiger charge is 1.95. The molecule has 17 heavy (non-hydrogen) atoms. The molecule has 5 heteroatoms. The SMILES string of the molecule is CC(=O)OCC(C)C.Oc1ccc(Cl)cc1Cl. The van der Waals surface area contributed by atoms with Crippen LogP contribution in [-0.2, 0) is 9.53 Å². The molecule has 3 nitrogen and oxygen atoms in total. The van der Waals surface area contributed by atoms with Gasteiger partial charge in [-0.05, 0) is 24.1 Å². The smallest absolute Gasteiger partial charge is 0.302 e. The summed E-state index contributed by atoms with van der Waals surface area (Å²) in [7, 11) is 0. The molecule has 0 heterocycles. The molecular weight excluding hydrogens is 263 g/mol. The second-order valence-corrected chi connectivity index (χ2v) is 4.64. The number of esters is 1. The van der Waals surface area contributed by atoms with Gasteiger partial charge in [0.1, 0.15) is 5.75 Å². The van der Waals surface area contributed by atoms with E-state index < -0.39 is 0 Å². The summed E-state index contributed by atoms with van der Waals surface area (Å²) in [6, 6.07) is 4.51. The van der Waals surface area contributed by atoms with Gasteiger partial charge >= 0.3 is 5.97 Å². The van der Waals surface area contributed by atoms with E-state index in [1.807, 2.05) is 13.8 Å². The van der Waals surface area contributed by atoms with E-state index in [1.54, 1.807) is 6.07 Å². The fourth-order valence-electron chi connectivity index (χ4n) is 0.765. The molecule has 0 fully saturated rings. The van der Waals surface area contributed by atoms with Crippen molar-refractivity contribution in [3.63, 3.8) is 0 Å². The van der Waals surface area contributed by atoms with Crippen LogP contribution in [-0.4, -0.2) is 17.7 Å². The second-order valence-electron chi connectivity index (χ2n) is 3.79. The molecule has 0 saturated heterocycles. The Hall–Kier alpha value is -0.930. The molecule has 96 valence electrons. The predicted molar refractivity (Wildman–Crippen MR) is 69.6 cm³/mol. The van der Waals surface area contributed by atoms with Gasteiger partial charge in [-0.1, -0.05) is 37.0 Å². The first-order valence-corrected chi connectivity index (χ1v) is 5.86. The summed E-state index contributed by atoms with van der Waals surface area (Å²) in [4.78, 5) is 10.1. The van der Waals surface area contributed by atoms with Crippen molar-refractivity contribution >= 4 is 29.2 Å². The molecule has 0 aliphatic heterocycles. The summed E-state index contributed by atoms with van der Waals surface area (Å²) < 4.78 is 4.66. The standard InChI is InChI=1S/C6H4Cl2O.C6H12O2/c7-4-1-2-6(9)5(8)3-4;1-5(2)4-8-6(3)7/h1-3,9H;5H,4H2,1-3H3. The van der Waals surface area contributed by atoms with E-state index in [-0.39, 0.29) is 16.7 Å². The molecular formula is C12H16Cl2O3. The molecule has 0 aliphatic carbocycles. The maximum atomic E-state index is 10.1. The monoisotopic (exact) mass is 278 g/mol. The van der Waals surface area contributed by atoms with Crippen molar-refractivity contribution in [1.29, 1.82) is 0 Å². The van der Waals surface area contributed by atoms with E-state index in [2.05, 4.69) is 4.74 Å². The molecule has 0 bridgehead atoms. The molecule has 0 saturated carbocycles. The highest BCUT2D eigenvalue weighted by molar-refractivity contribution is 6.35. The molecule has 0 aromatic heterocycles. The number of rotatable bonds is 2. The number of phenols is 1. The van der Waals surface area contributed by atoms with Gasteiger partial charge in [0, 0.05) is 11.9 Å². The minimum atomic E-state index is -0.196. The highest BCUT2D eigenvalue weighted by Crippen LogP contribution is 2.25. The Morgan fingerprint density at radius 3 is 2.29 bits per heavy atom. The number of carbonyl (C=O) groups is 1. The number of halogens is 2. The van der Waals surface area contributed by atoms with Crippen molar-refractivity contribution < 1.29 is 14.6 Å². The molecule has 1 rings (SSSR count). The molecule has 1 aromatic rings. The number of hydrogen-bond acceptors (Lipinski definition) is 3. The average Bonchev–Trinajstić information content (AvgIpc) is 2.22. The van der Waals surface area contributed by atoms with Crippen LogP contribution in [0.1, 0.15) is 20.8 Å². The van der Waals surface area contributed by atoms with Crippen molar-refractivity contribution in [1.82, 2.24) is 0 Å². The summed E-state index contributed by atoms with van der Waals surface area (Å²) in [5.41, 5.74) is 0. The quantitative estimate of drug-likeness (QED) is 0.835. The number of aromatic hydroxyl groups is 1. The topological polar surface area (TPSA) is 46.5 Å². The Labute approximate surface area is 111 Å². The number of carbonyl (C=O) groups excluding carboxylic acids is 1. The highest BCUT2D eigenvalue weighted by atomic mass is 35.5. The zero-order valence-corrected chi connectivity index (χ0v) is 11.5. The summed E-state index contributed by atoms with van der Waals surface area (Å²) in [6.45, 7) is 5.96. The van der Waals surface area contributed by atoms with Crippen LogP contribution in [0.4, 0.5) is 0 Å².